The summed E-state index contributed by atoms with van der Waals surface area (Å²) in [5.41, 5.74) is -0.734. The first-order chi connectivity index (χ1) is 12.5. The molecule has 0 bridgehead atoms. The van der Waals surface area contributed by atoms with Crippen LogP contribution in [0, 0.1) is 11.6 Å². The molecule has 1 saturated heterocycles. The van der Waals surface area contributed by atoms with E-state index in [0.29, 0.717) is 17.5 Å². The lowest BCUT2D eigenvalue weighted by Gasteiger charge is -2.45. The van der Waals surface area contributed by atoms with Crippen molar-refractivity contribution < 1.29 is 18.0 Å². The molecule has 26 heavy (non-hydrogen) atoms. The average Bonchev–Trinajstić information content (AvgIpc) is 3.08. The largest absolute Gasteiger partial charge is 0.341 e. The van der Waals surface area contributed by atoms with Crippen molar-refractivity contribution in [2.24, 2.45) is 5.10 Å². The SMILES string of the molecule is O=C(N1CC(F)(c2ccccc2)C1)N1N=CCC1c1cc(F)cc(F)c1. The molecule has 1 atom stereocenters. The van der Waals surface area contributed by atoms with E-state index in [9.17, 15) is 18.0 Å². The van der Waals surface area contributed by atoms with Crippen molar-refractivity contribution in [2.75, 3.05) is 13.1 Å². The summed E-state index contributed by atoms with van der Waals surface area (Å²) in [4.78, 5) is 14.0. The second-order valence-electron chi connectivity index (χ2n) is 6.57. The Morgan fingerprint density at radius 1 is 1.08 bits per heavy atom. The molecule has 0 spiro atoms. The first-order valence-electron chi connectivity index (χ1n) is 8.27. The van der Waals surface area contributed by atoms with Crippen LogP contribution in [0.2, 0.25) is 0 Å². The zero-order chi connectivity index (χ0) is 18.3. The number of halogens is 3. The van der Waals surface area contributed by atoms with E-state index in [-0.39, 0.29) is 13.1 Å². The summed E-state index contributed by atoms with van der Waals surface area (Å²) < 4.78 is 41.9. The lowest BCUT2D eigenvalue weighted by Crippen LogP contribution is -2.61. The van der Waals surface area contributed by atoms with Gasteiger partial charge in [0.1, 0.15) is 11.6 Å². The number of hydrazone groups is 1. The van der Waals surface area contributed by atoms with Crippen LogP contribution in [0.5, 0.6) is 0 Å². The molecule has 2 aliphatic heterocycles. The highest BCUT2D eigenvalue weighted by molar-refractivity contribution is 5.79. The van der Waals surface area contributed by atoms with E-state index in [1.165, 1.54) is 28.3 Å². The summed E-state index contributed by atoms with van der Waals surface area (Å²) in [5, 5.41) is 5.19. The third-order valence-corrected chi connectivity index (χ3v) is 4.74. The number of likely N-dealkylation sites (tertiary alicyclic amines) is 1. The second kappa shape index (κ2) is 6.16. The van der Waals surface area contributed by atoms with E-state index in [2.05, 4.69) is 5.10 Å². The summed E-state index contributed by atoms with van der Waals surface area (Å²) >= 11 is 0. The molecule has 0 aromatic heterocycles. The number of amides is 2. The molecular weight excluding hydrogens is 343 g/mol. The van der Waals surface area contributed by atoms with Gasteiger partial charge in [0.2, 0.25) is 0 Å². The fraction of sp³-hybridized carbons (Fsp3) is 0.263. The summed E-state index contributed by atoms with van der Waals surface area (Å²) in [6.45, 7) is -0.155. The first kappa shape index (κ1) is 16.6. The molecule has 134 valence electrons. The normalized spacial score (nSPS) is 21.0. The molecule has 0 radical (unpaired) electrons. The summed E-state index contributed by atoms with van der Waals surface area (Å²) in [7, 11) is 0. The fourth-order valence-corrected chi connectivity index (χ4v) is 3.40. The van der Waals surface area contributed by atoms with Crippen LogP contribution in [0.25, 0.3) is 0 Å². The van der Waals surface area contributed by atoms with Gasteiger partial charge in [-0.1, -0.05) is 30.3 Å². The molecule has 2 aromatic carbocycles. The highest BCUT2D eigenvalue weighted by Crippen LogP contribution is 2.38. The molecule has 0 N–H and O–H groups in total. The number of nitrogens with zero attached hydrogens (tertiary/aromatic N) is 3. The van der Waals surface area contributed by atoms with Crippen LogP contribution < -0.4 is 0 Å². The molecule has 2 heterocycles. The van der Waals surface area contributed by atoms with E-state index >= 15 is 0 Å². The van der Waals surface area contributed by atoms with Crippen molar-refractivity contribution in [1.82, 2.24) is 9.91 Å². The van der Waals surface area contributed by atoms with Crippen LogP contribution in [-0.2, 0) is 5.67 Å². The number of carbonyl (C=O) groups is 1. The average molecular weight is 359 g/mol. The van der Waals surface area contributed by atoms with Crippen molar-refractivity contribution in [2.45, 2.75) is 18.1 Å². The molecule has 0 aliphatic carbocycles. The molecule has 2 aliphatic rings. The number of carbonyl (C=O) groups excluding carboxylic acids is 1. The quantitative estimate of drug-likeness (QED) is 0.798. The van der Waals surface area contributed by atoms with Gasteiger partial charge in [0.05, 0.1) is 19.1 Å². The molecule has 2 amide bonds. The zero-order valence-electron chi connectivity index (χ0n) is 13.8. The van der Waals surface area contributed by atoms with Gasteiger partial charge in [0, 0.05) is 18.7 Å². The third kappa shape index (κ3) is 2.83. The predicted molar refractivity (Wildman–Crippen MR) is 90.2 cm³/mol. The lowest BCUT2D eigenvalue weighted by atomic mass is 9.88. The molecular formula is C19H16F3N3O. The fourth-order valence-electron chi connectivity index (χ4n) is 3.40. The monoisotopic (exact) mass is 359 g/mol. The Morgan fingerprint density at radius 3 is 2.38 bits per heavy atom. The Bertz CT molecular complexity index is 845. The van der Waals surface area contributed by atoms with Crippen LogP contribution in [0.15, 0.2) is 53.6 Å². The van der Waals surface area contributed by atoms with E-state index < -0.39 is 29.4 Å². The molecule has 7 heteroatoms. The number of rotatable bonds is 2. The number of hydrogen-bond acceptors (Lipinski definition) is 2. The van der Waals surface area contributed by atoms with Crippen molar-refractivity contribution in [3.63, 3.8) is 0 Å². The molecule has 1 fully saturated rings. The highest BCUT2D eigenvalue weighted by Gasteiger charge is 2.49. The zero-order valence-corrected chi connectivity index (χ0v) is 13.8. The van der Waals surface area contributed by atoms with E-state index in [4.69, 9.17) is 0 Å². The highest BCUT2D eigenvalue weighted by atomic mass is 19.1. The van der Waals surface area contributed by atoms with Gasteiger partial charge in [-0.2, -0.15) is 5.10 Å². The van der Waals surface area contributed by atoms with Gasteiger partial charge in [0.15, 0.2) is 5.67 Å². The molecule has 2 aromatic rings. The number of benzene rings is 2. The molecule has 1 unspecified atom stereocenters. The van der Waals surface area contributed by atoms with Crippen molar-refractivity contribution >= 4 is 12.2 Å². The van der Waals surface area contributed by atoms with Gasteiger partial charge in [-0.25, -0.2) is 23.0 Å². The predicted octanol–water partition coefficient (Wildman–Crippen LogP) is 4.00. The van der Waals surface area contributed by atoms with E-state index in [1.54, 1.807) is 30.3 Å². The molecule has 4 rings (SSSR count). The summed E-state index contributed by atoms with van der Waals surface area (Å²) in [5.74, 6) is -1.43. The first-order valence-corrected chi connectivity index (χ1v) is 8.27. The second-order valence-corrected chi connectivity index (χ2v) is 6.57. The van der Waals surface area contributed by atoms with E-state index in [0.717, 1.165) is 6.07 Å². The van der Waals surface area contributed by atoms with E-state index in [1.807, 2.05) is 0 Å². The van der Waals surface area contributed by atoms with Crippen molar-refractivity contribution in [3.05, 3.63) is 71.3 Å². The smallest absolute Gasteiger partial charge is 0.316 e. The molecule has 4 nitrogen and oxygen atoms in total. The number of alkyl halides is 1. The van der Waals surface area contributed by atoms with Gasteiger partial charge < -0.3 is 4.90 Å². The Kier molecular flexibility index (Phi) is 3.94. The minimum Gasteiger partial charge on any atom is -0.316 e. The Hall–Kier alpha value is -2.83. The van der Waals surface area contributed by atoms with Crippen LogP contribution in [0.1, 0.15) is 23.6 Å². The van der Waals surface area contributed by atoms with Gasteiger partial charge in [-0.15, -0.1) is 0 Å². The van der Waals surface area contributed by atoms with Gasteiger partial charge >= 0.3 is 6.03 Å². The van der Waals surface area contributed by atoms with Crippen molar-refractivity contribution in [1.29, 1.82) is 0 Å². The summed E-state index contributed by atoms with van der Waals surface area (Å²) in [6.07, 6.45) is 1.87. The topological polar surface area (TPSA) is 35.9 Å². The number of hydrogen-bond donors (Lipinski definition) is 0. The van der Waals surface area contributed by atoms with Crippen molar-refractivity contribution in [3.8, 4) is 0 Å². The van der Waals surface area contributed by atoms with Crippen LogP contribution in [0.3, 0.4) is 0 Å². The molecule has 0 saturated carbocycles. The minimum atomic E-state index is -1.58. The Labute approximate surface area is 148 Å². The standard InChI is InChI=1S/C19H16F3N3O/c20-15-8-13(9-16(21)10-15)17-6-7-23-25(17)18(26)24-11-19(22,12-24)14-4-2-1-3-5-14/h1-5,7-10,17H,6,11-12H2. The number of urea groups is 1. The van der Waals surface area contributed by atoms with Gasteiger partial charge in [0.25, 0.3) is 0 Å². The maximum absolute atomic E-state index is 14.9. The summed E-state index contributed by atoms with van der Waals surface area (Å²) in [6, 6.07) is 10.7. The van der Waals surface area contributed by atoms with Crippen LogP contribution >= 0.6 is 0 Å². The lowest BCUT2D eigenvalue weighted by molar-refractivity contribution is -0.0211. The maximum Gasteiger partial charge on any atom is 0.341 e. The Morgan fingerprint density at radius 2 is 1.73 bits per heavy atom. The van der Waals surface area contributed by atoms with Crippen LogP contribution in [-0.4, -0.2) is 35.2 Å². The third-order valence-electron chi connectivity index (χ3n) is 4.74. The Balaban J connectivity index is 1.49. The van der Waals surface area contributed by atoms with Gasteiger partial charge in [-0.3, -0.25) is 0 Å². The van der Waals surface area contributed by atoms with Crippen LogP contribution in [0.4, 0.5) is 18.0 Å². The minimum absolute atomic E-state index is 0.0773. The van der Waals surface area contributed by atoms with Gasteiger partial charge in [-0.05, 0) is 23.3 Å². The maximum atomic E-state index is 14.9.